The molecule has 10 heteroatoms. The number of nitrogens with one attached hydrogen (secondary N) is 3. The van der Waals surface area contributed by atoms with Gasteiger partial charge in [-0.3, -0.25) is 9.59 Å². The van der Waals surface area contributed by atoms with Gasteiger partial charge in [0.15, 0.2) is 11.4 Å². The number of nitrogens with zero attached hydrogens (tertiary/aromatic N) is 3. The molecule has 35 heavy (non-hydrogen) atoms. The Hall–Kier alpha value is -3.65. The van der Waals surface area contributed by atoms with Gasteiger partial charge in [0.25, 0.3) is 11.8 Å². The number of hydrogen-bond donors (Lipinski definition) is 4. The van der Waals surface area contributed by atoms with Crippen LogP contribution in [-0.2, 0) is 11.3 Å². The Morgan fingerprint density at radius 2 is 2.09 bits per heavy atom. The van der Waals surface area contributed by atoms with Crippen LogP contribution in [0.1, 0.15) is 28.4 Å². The van der Waals surface area contributed by atoms with Gasteiger partial charge in [0.1, 0.15) is 11.6 Å². The van der Waals surface area contributed by atoms with Crippen LogP contribution in [0.4, 0.5) is 5.82 Å². The van der Waals surface area contributed by atoms with Crippen molar-refractivity contribution in [3.63, 3.8) is 0 Å². The Labute approximate surface area is 204 Å². The van der Waals surface area contributed by atoms with Crippen LogP contribution in [0, 0.1) is 11.8 Å². The minimum atomic E-state index is -1.66. The summed E-state index contributed by atoms with van der Waals surface area (Å²) in [6.07, 6.45) is 1.62. The Balaban J connectivity index is 1.55. The average Bonchev–Trinajstić information content (AvgIpc) is 3.24. The maximum atomic E-state index is 13.1. The zero-order valence-electron chi connectivity index (χ0n) is 20.3. The molecule has 2 atom stereocenters. The molecule has 2 aromatic rings. The Bertz CT molecular complexity index is 1180. The lowest BCUT2D eigenvalue weighted by Crippen LogP contribution is -2.57. The van der Waals surface area contributed by atoms with E-state index in [-0.39, 0.29) is 12.5 Å². The van der Waals surface area contributed by atoms with Gasteiger partial charge < -0.3 is 30.3 Å². The van der Waals surface area contributed by atoms with Crippen molar-refractivity contribution in [2.45, 2.75) is 24.9 Å². The summed E-state index contributed by atoms with van der Waals surface area (Å²) in [6, 6.07) is 8.94. The molecule has 0 spiro atoms. The number of amides is 2. The molecular formula is C25H30N6O4. The van der Waals surface area contributed by atoms with Crippen LogP contribution in [0.15, 0.2) is 36.5 Å². The number of ether oxygens (including phenoxy) is 1. The fourth-order valence-electron chi connectivity index (χ4n) is 4.11. The largest absolute Gasteiger partial charge is 0.497 e. The molecule has 0 bridgehead atoms. The second-order valence-corrected chi connectivity index (χ2v) is 9.15. The number of anilines is 1. The zero-order chi connectivity index (χ0) is 25.2. The number of carbonyl (C=O) groups excluding carboxylic acids is 2. The van der Waals surface area contributed by atoms with Gasteiger partial charge in [-0.05, 0) is 50.8 Å². The number of methoxy groups -OCH3 is 1. The molecule has 2 aliphatic rings. The van der Waals surface area contributed by atoms with Gasteiger partial charge in [0.2, 0.25) is 0 Å². The fraction of sp³-hybridized carbons (Fsp3) is 0.400. The molecule has 184 valence electrons. The molecule has 0 saturated carbocycles. The highest BCUT2D eigenvalue weighted by atomic mass is 16.5. The third-order valence-corrected chi connectivity index (χ3v) is 5.87. The smallest absolute Gasteiger partial charge is 0.258 e. The predicted molar refractivity (Wildman–Crippen MR) is 131 cm³/mol. The van der Waals surface area contributed by atoms with Crippen LogP contribution in [0.5, 0.6) is 5.75 Å². The first kappa shape index (κ1) is 24.5. The summed E-state index contributed by atoms with van der Waals surface area (Å²) in [5.41, 5.74) is 0.461. The van der Waals surface area contributed by atoms with Crippen LogP contribution in [0.2, 0.25) is 0 Å². The number of rotatable bonds is 7. The van der Waals surface area contributed by atoms with Gasteiger partial charge in [-0.15, -0.1) is 0 Å². The summed E-state index contributed by atoms with van der Waals surface area (Å²) in [4.78, 5) is 34.1. The lowest BCUT2D eigenvalue weighted by molar-refractivity contribution is -0.124. The molecule has 2 aliphatic heterocycles. The van der Waals surface area contributed by atoms with E-state index in [9.17, 15) is 14.7 Å². The Morgan fingerprint density at radius 1 is 1.29 bits per heavy atom. The topological polar surface area (TPSA) is 119 Å². The Kier molecular flexibility index (Phi) is 6.67. The number of likely N-dealkylation sites (N-methyl/N-ethyl adjacent to an activating group) is 1. The number of pyridine rings is 1. The first-order chi connectivity index (χ1) is 16.6. The molecule has 1 fully saturated rings. The molecule has 1 aromatic heterocycles. The monoisotopic (exact) mass is 478 g/mol. The summed E-state index contributed by atoms with van der Waals surface area (Å²) in [7, 11) is 5.54. The van der Waals surface area contributed by atoms with Crippen molar-refractivity contribution in [1.82, 2.24) is 25.4 Å². The second kappa shape index (κ2) is 9.54. The molecular weight excluding hydrogens is 448 g/mol. The van der Waals surface area contributed by atoms with E-state index in [1.807, 2.05) is 26.2 Å². The lowest BCUT2D eigenvalue weighted by Gasteiger charge is -2.28. The molecule has 1 aromatic carbocycles. The van der Waals surface area contributed by atoms with E-state index < -0.39 is 17.3 Å². The number of hydrogen-bond acceptors (Lipinski definition) is 8. The van der Waals surface area contributed by atoms with Crippen molar-refractivity contribution in [3.05, 3.63) is 53.2 Å². The minimum Gasteiger partial charge on any atom is -0.497 e. The molecule has 4 N–H and O–H groups in total. The predicted octanol–water partition coefficient (Wildman–Crippen LogP) is 0.195. The fourth-order valence-corrected chi connectivity index (χ4v) is 4.11. The van der Waals surface area contributed by atoms with Crippen LogP contribution in [0.25, 0.3) is 0 Å². The highest BCUT2D eigenvalue weighted by molar-refractivity contribution is 6.00. The van der Waals surface area contributed by atoms with Crippen LogP contribution in [0.3, 0.4) is 0 Å². The first-order valence-electron chi connectivity index (χ1n) is 11.3. The van der Waals surface area contributed by atoms with Crippen LogP contribution >= 0.6 is 0 Å². The third-order valence-electron chi connectivity index (χ3n) is 5.87. The normalized spacial score (nSPS) is 23.1. The minimum absolute atomic E-state index is 0.0462. The molecule has 4 rings (SSSR count). The zero-order valence-corrected chi connectivity index (χ0v) is 20.3. The summed E-state index contributed by atoms with van der Waals surface area (Å²) in [5.74, 6) is 4.87. The van der Waals surface area contributed by atoms with Crippen LogP contribution < -0.4 is 20.7 Å². The summed E-state index contributed by atoms with van der Waals surface area (Å²) < 4.78 is 5.23. The molecule has 10 nitrogen and oxygen atoms in total. The number of fused-ring (bicyclic) bond motifs is 1. The second-order valence-electron chi connectivity index (χ2n) is 9.15. The van der Waals surface area contributed by atoms with Crippen molar-refractivity contribution in [1.29, 1.82) is 0 Å². The van der Waals surface area contributed by atoms with E-state index in [2.05, 4.69) is 37.7 Å². The van der Waals surface area contributed by atoms with Crippen molar-refractivity contribution in [2.75, 3.05) is 46.2 Å². The van der Waals surface area contributed by atoms with Gasteiger partial charge in [-0.25, -0.2) is 10.3 Å². The highest BCUT2D eigenvalue weighted by Crippen LogP contribution is 2.29. The maximum Gasteiger partial charge on any atom is 0.258 e. The quantitative estimate of drug-likeness (QED) is 0.417. The number of benzene rings is 1. The molecule has 2 amide bonds. The van der Waals surface area contributed by atoms with E-state index in [1.165, 1.54) is 6.92 Å². The standard InChI is InChI=1S/C25H30N6O4/c1-24(34)28-23(33)25(29-24,10-9-17-5-8-21(27-14-17)26-11-12-30(2)3)16-31-15-18-6-7-19(35-4)13-20(18)22(31)32/h5-8,13-14,29,34H,11-12,15-16H2,1-4H3,(H,26,27)(H,28,33). The van der Waals surface area contributed by atoms with Gasteiger partial charge in [-0.2, -0.15) is 0 Å². The molecule has 0 aliphatic carbocycles. The van der Waals surface area contributed by atoms with Gasteiger partial charge >= 0.3 is 0 Å². The maximum absolute atomic E-state index is 13.1. The summed E-state index contributed by atoms with van der Waals surface area (Å²) in [5, 5.41) is 19.1. The van der Waals surface area contributed by atoms with E-state index in [4.69, 9.17) is 4.74 Å². The summed E-state index contributed by atoms with van der Waals surface area (Å²) >= 11 is 0. The summed E-state index contributed by atoms with van der Waals surface area (Å²) in [6.45, 7) is 3.34. The van der Waals surface area contributed by atoms with Crippen molar-refractivity contribution in [3.8, 4) is 17.6 Å². The molecule has 2 unspecified atom stereocenters. The van der Waals surface area contributed by atoms with E-state index in [0.29, 0.717) is 23.4 Å². The van der Waals surface area contributed by atoms with Crippen molar-refractivity contribution < 1.29 is 19.4 Å². The number of aromatic nitrogens is 1. The van der Waals surface area contributed by atoms with Crippen molar-refractivity contribution >= 4 is 17.6 Å². The first-order valence-corrected chi connectivity index (χ1v) is 11.3. The third kappa shape index (κ3) is 5.38. The SMILES string of the molecule is COc1ccc2c(c1)C(=O)N(CC1(C#Cc3ccc(NCCN(C)C)nc3)NC(C)(O)NC1=O)C2. The van der Waals surface area contributed by atoms with Gasteiger partial charge in [0.05, 0.1) is 13.7 Å². The van der Waals surface area contributed by atoms with E-state index in [1.54, 1.807) is 36.4 Å². The Morgan fingerprint density at radius 3 is 2.71 bits per heavy atom. The average molecular weight is 479 g/mol. The van der Waals surface area contributed by atoms with E-state index >= 15 is 0 Å². The molecule has 1 saturated heterocycles. The van der Waals surface area contributed by atoms with Crippen molar-refractivity contribution in [2.24, 2.45) is 0 Å². The molecule has 0 radical (unpaired) electrons. The van der Waals surface area contributed by atoms with E-state index in [0.717, 1.165) is 24.5 Å². The highest BCUT2D eigenvalue weighted by Gasteiger charge is 2.52. The van der Waals surface area contributed by atoms with Gasteiger partial charge in [-0.1, -0.05) is 17.9 Å². The molecule has 3 heterocycles. The van der Waals surface area contributed by atoms with Gasteiger partial charge in [0, 0.05) is 37.0 Å². The van der Waals surface area contributed by atoms with Crippen LogP contribution in [-0.4, -0.2) is 83.9 Å². The number of aliphatic hydroxyl groups is 1. The number of carbonyl (C=O) groups is 2. The lowest BCUT2D eigenvalue weighted by atomic mass is 9.99.